The van der Waals surface area contributed by atoms with E-state index in [2.05, 4.69) is 51.5 Å². The van der Waals surface area contributed by atoms with Gasteiger partial charge in [0, 0.05) is 11.9 Å². The zero-order valence-electron chi connectivity index (χ0n) is 12.5. The highest BCUT2D eigenvalue weighted by molar-refractivity contribution is 7.99. The van der Waals surface area contributed by atoms with Crippen molar-refractivity contribution in [1.82, 2.24) is 0 Å². The lowest BCUT2D eigenvalue weighted by Crippen LogP contribution is -2.41. The molecule has 0 spiro atoms. The number of anilines is 1. The molecule has 1 N–H and O–H groups in total. The van der Waals surface area contributed by atoms with Crippen LogP contribution in [0.15, 0.2) is 18.2 Å². The van der Waals surface area contributed by atoms with Crippen molar-refractivity contribution in [2.75, 3.05) is 11.0 Å². The normalized spacial score (nSPS) is 20.6. The lowest BCUT2D eigenvalue weighted by Gasteiger charge is -2.32. The molecule has 0 amide bonds. The van der Waals surface area contributed by atoms with Gasteiger partial charge in [-0.3, -0.25) is 0 Å². The van der Waals surface area contributed by atoms with Crippen molar-refractivity contribution in [3.8, 4) is 0 Å². The largest absolute Gasteiger partial charge is 0.495 e. The summed E-state index contributed by atoms with van der Waals surface area (Å²) < 4.78 is 15.5. The zero-order valence-corrected chi connectivity index (χ0v) is 13.4. The lowest BCUT2D eigenvalue weighted by atomic mass is 9.76. The van der Waals surface area contributed by atoms with Crippen molar-refractivity contribution >= 4 is 30.2 Å². The Labute approximate surface area is 120 Å². The Morgan fingerprint density at radius 3 is 2.21 bits per heavy atom. The molecule has 19 heavy (non-hydrogen) atoms. The predicted octanol–water partition coefficient (Wildman–Crippen LogP) is 2.98. The second-order valence-electron chi connectivity index (χ2n) is 5.91. The van der Waals surface area contributed by atoms with Crippen molar-refractivity contribution in [2.24, 2.45) is 0 Å². The quantitative estimate of drug-likeness (QED) is 0.680. The second kappa shape index (κ2) is 5.04. The number of hydrogen-bond acceptors (Lipinski definition) is 4. The van der Waals surface area contributed by atoms with Crippen LogP contribution < -0.4 is 10.2 Å². The van der Waals surface area contributed by atoms with Crippen LogP contribution in [0.25, 0.3) is 0 Å². The summed E-state index contributed by atoms with van der Waals surface area (Å²) in [6.07, 6.45) is 2.01. The minimum absolute atomic E-state index is 0.298. The zero-order chi connectivity index (χ0) is 14.3. The van der Waals surface area contributed by atoms with Gasteiger partial charge in [0.1, 0.15) is 0 Å². The molecule has 0 radical (unpaired) electrons. The van der Waals surface area contributed by atoms with Gasteiger partial charge >= 0.3 is 7.12 Å². The average molecular weight is 279 g/mol. The first-order valence-corrected chi connectivity index (χ1v) is 7.75. The third-order valence-corrected chi connectivity index (χ3v) is 4.52. The average Bonchev–Trinajstić information content (AvgIpc) is 2.51. The van der Waals surface area contributed by atoms with Crippen LogP contribution in [0.3, 0.4) is 0 Å². The van der Waals surface area contributed by atoms with Gasteiger partial charge in [-0.25, -0.2) is 0 Å². The molecule has 0 aliphatic carbocycles. The van der Waals surface area contributed by atoms with Crippen molar-refractivity contribution in [3.05, 3.63) is 23.8 Å². The van der Waals surface area contributed by atoms with Crippen LogP contribution in [0.2, 0.25) is 0 Å². The summed E-state index contributed by atoms with van der Waals surface area (Å²) in [6, 6.07) is 6.18. The van der Waals surface area contributed by atoms with E-state index in [1.165, 1.54) is 5.56 Å². The summed E-state index contributed by atoms with van der Waals surface area (Å²) >= 11 is 1.59. The number of nitrogens with one attached hydrogen (secondary N) is 1. The predicted molar refractivity (Wildman–Crippen MR) is 84.0 cm³/mol. The van der Waals surface area contributed by atoms with Crippen LogP contribution in [0.4, 0.5) is 5.69 Å². The standard InChI is InChI=1S/C14H22BNO2S/c1-10-11(8-7-9-12(10)16-19-6)15-17-13(2,3)14(4,5)18-15/h7-9,16H,1-6H3. The van der Waals surface area contributed by atoms with Gasteiger partial charge in [0.05, 0.1) is 11.2 Å². The molecule has 1 aromatic carbocycles. The van der Waals surface area contributed by atoms with Crippen LogP contribution >= 0.6 is 11.9 Å². The van der Waals surface area contributed by atoms with E-state index >= 15 is 0 Å². The van der Waals surface area contributed by atoms with E-state index in [0.29, 0.717) is 0 Å². The van der Waals surface area contributed by atoms with Crippen molar-refractivity contribution in [2.45, 2.75) is 45.8 Å². The molecule has 2 rings (SSSR count). The minimum atomic E-state index is -0.299. The number of rotatable bonds is 3. The van der Waals surface area contributed by atoms with Crippen LogP contribution in [0, 0.1) is 6.92 Å². The Hall–Kier alpha value is -0.645. The fraction of sp³-hybridized carbons (Fsp3) is 0.571. The Kier molecular flexibility index (Phi) is 3.91. The summed E-state index contributed by atoms with van der Waals surface area (Å²) in [5, 5.41) is 0. The molecule has 1 aliphatic rings. The van der Waals surface area contributed by atoms with Crippen molar-refractivity contribution in [3.63, 3.8) is 0 Å². The molecule has 5 heteroatoms. The van der Waals surface area contributed by atoms with E-state index in [1.54, 1.807) is 11.9 Å². The molecule has 0 unspecified atom stereocenters. The SMILES string of the molecule is CSNc1cccc(B2OC(C)(C)C(C)(C)O2)c1C. The first-order chi connectivity index (χ1) is 8.78. The van der Waals surface area contributed by atoms with E-state index in [4.69, 9.17) is 9.31 Å². The topological polar surface area (TPSA) is 30.5 Å². The molecule has 0 bridgehead atoms. The van der Waals surface area contributed by atoms with Crippen LogP contribution in [0.5, 0.6) is 0 Å². The van der Waals surface area contributed by atoms with Crippen LogP contribution in [0.1, 0.15) is 33.3 Å². The summed E-state index contributed by atoms with van der Waals surface area (Å²) in [4.78, 5) is 0. The molecule has 1 aliphatic heterocycles. The van der Waals surface area contributed by atoms with Crippen LogP contribution in [-0.4, -0.2) is 24.6 Å². The first kappa shape index (κ1) is 14.8. The highest BCUT2D eigenvalue weighted by Crippen LogP contribution is 2.37. The molecule has 0 saturated carbocycles. The van der Waals surface area contributed by atoms with Gasteiger partial charge in [0.2, 0.25) is 0 Å². The van der Waals surface area contributed by atoms with Gasteiger partial charge in [0.15, 0.2) is 0 Å². The molecule has 1 saturated heterocycles. The monoisotopic (exact) mass is 279 g/mol. The fourth-order valence-electron chi connectivity index (χ4n) is 2.10. The Bertz CT molecular complexity index is 461. The maximum Gasteiger partial charge on any atom is 0.495 e. The molecule has 1 heterocycles. The maximum atomic E-state index is 6.11. The molecule has 0 aromatic heterocycles. The van der Waals surface area contributed by atoms with Gasteiger partial charge in [-0.05, 0) is 51.7 Å². The van der Waals surface area contributed by atoms with Gasteiger partial charge in [-0.15, -0.1) is 0 Å². The molecule has 0 atom stereocenters. The molecular weight excluding hydrogens is 257 g/mol. The summed E-state index contributed by atoms with van der Waals surface area (Å²) in [5.74, 6) is 0. The summed E-state index contributed by atoms with van der Waals surface area (Å²) in [6.45, 7) is 10.4. The third-order valence-electron chi connectivity index (χ3n) is 4.09. The molecule has 3 nitrogen and oxygen atoms in total. The number of hydrogen-bond donors (Lipinski definition) is 1. The van der Waals surface area contributed by atoms with Gasteiger partial charge in [-0.2, -0.15) is 0 Å². The van der Waals surface area contributed by atoms with E-state index in [0.717, 1.165) is 11.2 Å². The van der Waals surface area contributed by atoms with E-state index in [1.807, 2.05) is 12.3 Å². The van der Waals surface area contributed by atoms with Gasteiger partial charge in [0.25, 0.3) is 0 Å². The molecular formula is C14H22BNO2S. The van der Waals surface area contributed by atoms with Crippen molar-refractivity contribution < 1.29 is 9.31 Å². The fourth-order valence-corrected chi connectivity index (χ4v) is 2.54. The minimum Gasteiger partial charge on any atom is -0.399 e. The summed E-state index contributed by atoms with van der Waals surface area (Å²) in [7, 11) is -0.298. The smallest absolute Gasteiger partial charge is 0.399 e. The van der Waals surface area contributed by atoms with E-state index in [9.17, 15) is 0 Å². The van der Waals surface area contributed by atoms with Gasteiger partial charge in [-0.1, -0.05) is 24.1 Å². The van der Waals surface area contributed by atoms with Crippen molar-refractivity contribution in [1.29, 1.82) is 0 Å². The maximum absolute atomic E-state index is 6.11. The first-order valence-electron chi connectivity index (χ1n) is 6.52. The molecule has 104 valence electrons. The third kappa shape index (κ3) is 2.64. The van der Waals surface area contributed by atoms with Crippen LogP contribution in [-0.2, 0) is 9.31 Å². The highest BCUT2D eigenvalue weighted by atomic mass is 32.2. The molecule has 1 fully saturated rings. The van der Waals surface area contributed by atoms with E-state index in [-0.39, 0.29) is 18.3 Å². The molecule has 1 aromatic rings. The Morgan fingerprint density at radius 1 is 1.11 bits per heavy atom. The Morgan fingerprint density at radius 2 is 1.68 bits per heavy atom. The Balaban J connectivity index is 2.32. The second-order valence-corrected chi connectivity index (χ2v) is 6.53. The van der Waals surface area contributed by atoms with Gasteiger partial charge < -0.3 is 14.0 Å². The summed E-state index contributed by atoms with van der Waals surface area (Å²) in [5.41, 5.74) is 2.79. The number of benzene rings is 1. The highest BCUT2D eigenvalue weighted by Gasteiger charge is 2.52. The van der Waals surface area contributed by atoms with E-state index < -0.39 is 0 Å². The lowest BCUT2D eigenvalue weighted by molar-refractivity contribution is 0.00578.